The van der Waals surface area contributed by atoms with Gasteiger partial charge in [-0.05, 0) is 67.4 Å². The second-order valence-corrected chi connectivity index (χ2v) is 8.31. The number of rotatable bonds is 5. The van der Waals surface area contributed by atoms with Gasteiger partial charge >= 0.3 is 0 Å². The van der Waals surface area contributed by atoms with Crippen molar-refractivity contribution in [3.8, 4) is 16.9 Å². The second-order valence-electron chi connectivity index (χ2n) is 8.31. The number of allylic oxidation sites excluding steroid dienone is 1. The molecular weight excluding hydrogens is 443 g/mol. The number of pyridine rings is 1. The molecule has 0 aliphatic heterocycles. The average molecular weight is 467 g/mol. The van der Waals surface area contributed by atoms with Crippen LogP contribution in [0.3, 0.4) is 0 Å². The van der Waals surface area contributed by atoms with E-state index in [1.54, 1.807) is 37.8 Å². The van der Waals surface area contributed by atoms with Crippen molar-refractivity contribution >= 4 is 39.0 Å². The number of furan rings is 1. The highest BCUT2D eigenvalue weighted by atomic mass is 19.1. The van der Waals surface area contributed by atoms with Gasteiger partial charge in [-0.3, -0.25) is 9.78 Å². The first-order valence-corrected chi connectivity index (χ1v) is 11.1. The fourth-order valence-corrected chi connectivity index (χ4v) is 4.38. The molecule has 2 aromatic heterocycles. The maximum absolute atomic E-state index is 13.5. The minimum Gasteiger partial charge on any atom is -0.496 e. The Kier molecular flexibility index (Phi) is 5.79. The molecule has 1 N–H and O–H groups in total. The number of halogens is 1. The van der Waals surface area contributed by atoms with Gasteiger partial charge in [0.25, 0.3) is 0 Å². The number of hydrogen-bond donors (Lipinski definition) is 1. The minimum atomic E-state index is -0.299. The lowest BCUT2D eigenvalue weighted by atomic mass is 9.96. The van der Waals surface area contributed by atoms with Crippen LogP contribution in [0.4, 0.5) is 10.1 Å². The summed E-state index contributed by atoms with van der Waals surface area (Å²) in [6.45, 7) is 3.78. The van der Waals surface area contributed by atoms with E-state index >= 15 is 0 Å². The summed E-state index contributed by atoms with van der Waals surface area (Å²) < 4.78 is 25.0. The standard InChI is InChI=1S/C29H23FN2O3/c1-17(14-27(33)32-26-8-4-7-25-21(26)6-5-13-31-25)22-15-23-24(19-9-11-20(30)12-10-19)16-35-29(23)18(2)28(22)34-3/h4-16H,1-3H3,(H,32,33)/b17-14+. The van der Waals surface area contributed by atoms with E-state index < -0.39 is 0 Å². The Morgan fingerprint density at radius 2 is 1.89 bits per heavy atom. The summed E-state index contributed by atoms with van der Waals surface area (Å²) in [4.78, 5) is 17.3. The molecule has 2 heterocycles. The van der Waals surface area contributed by atoms with Gasteiger partial charge in [-0.1, -0.05) is 18.2 Å². The molecule has 35 heavy (non-hydrogen) atoms. The van der Waals surface area contributed by atoms with Crippen molar-refractivity contribution in [2.75, 3.05) is 12.4 Å². The van der Waals surface area contributed by atoms with Crippen LogP contribution in [0.5, 0.6) is 5.75 Å². The minimum absolute atomic E-state index is 0.260. The monoisotopic (exact) mass is 466 g/mol. The maximum Gasteiger partial charge on any atom is 0.248 e. The molecule has 0 radical (unpaired) electrons. The van der Waals surface area contributed by atoms with Gasteiger partial charge in [-0.25, -0.2) is 4.39 Å². The van der Waals surface area contributed by atoms with Crippen molar-refractivity contribution in [2.24, 2.45) is 0 Å². The molecule has 5 nitrogen and oxygen atoms in total. The van der Waals surface area contributed by atoms with E-state index in [-0.39, 0.29) is 11.7 Å². The molecule has 5 aromatic rings. The van der Waals surface area contributed by atoms with Crippen LogP contribution in [0, 0.1) is 12.7 Å². The number of methoxy groups -OCH3 is 1. The van der Waals surface area contributed by atoms with E-state index in [4.69, 9.17) is 9.15 Å². The predicted molar refractivity (Wildman–Crippen MR) is 137 cm³/mol. The molecule has 1 amide bonds. The molecule has 0 unspecified atom stereocenters. The fraction of sp³-hybridized carbons (Fsp3) is 0.103. The van der Waals surface area contributed by atoms with Crippen molar-refractivity contribution < 1.29 is 18.3 Å². The quantitative estimate of drug-likeness (QED) is 0.280. The Labute approximate surface area is 201 Å². The first-order chi connectivity index (χ1) is 17.0. The number of aryl methyl sites for hydroxylation is 1. The van der Waals surface area contributed by atoms with Gasteiger partial charge < -0.3 is 14.5 Å². The van der Waals surface area contributed by atoms with Crippen molar-refractivity contribution in [1.29, 1.82) is 0 Å². The van der Waals surface area contributed by atoms with E-state index in [9.17, 15) is 9.18 Å². The summed E-state index contributed by atoms with van der Waals surface area (Å²) in [5.41, 5.74) is 6.19. The lowest BCUT2D eigenvalue weighted by Crippen LogP contribution is -2.09. The van der Waals surface area contributed by atoms with Crippen molar-refractivity contribution in [2.45, 2.75) is 13.8 Å². The summed E-state index contributed by atoms with van der Waals surface area (Å²) in [7, 11) is 1.60. The Balaban J connectivity index is 1.55. The van der Waals surface area contributed by atoms with Crippen LogP contribution in [0.2, 0.25) is 0 Å². The van der Waals surface area contributed by atoms with Crippen molar-refractivity contribution in [1.82, 2.24) is 4.98 Å². The summed E-state index contributed by atoms with van der Waals surface area (Å²) >= 11 is 0. The summed E-state index contributed by atoms with van der Waals surface area (Å²) in [6.07, 6.45) is 4.93. The highest BCUT2D eigenvalue weighted by Gasteiger charge is 2.19. The Hall–Kier alpha value is -4.45. The third-order valence-electron chi connectivity index (χ3n) is 6.08. The number of nitrogens with zero attached hydrogens (tertiary/aromatic N) is 1. The van der Waals surface area contributed by atoms with Gasteiger partial charge in [0.1, 0.15) is 17.1 Å². The van der Waals surface area contributed by atoms with Crippen LogP contribution in [0.25, 0.3) is 38.6 Å². The molecule has 3 aromatic carbocycles. The molecule has 0 aliphatic carbocycles. The SMILES string of the molecule is COc1c(/C(C)=C/C(=O)Nc2cccc3ncccc23)cc2c(-c3ccc(F)cc3)coc2c1C. The van der Waals surface area contributed by atoms with Gasteiger partial charge in [-0.15, -0.1) is 0 Å². The van der Waals surface area contributed by atoms with Gasteiger partial charge in [0.2, 0.25) is 5.91 Å². The van der Waals surface area contributed by atoms with Crippen LogP contribution in [-0.2, 0) is 4.79 Å². The fourth-order valence-electron chi connectivity index (χ4n) is 4.38. The van der Waals surface area contributed by atoms with E-state index in [1.807, 2.05) is 50.2 Å². The molecule has 0 saturated carbocycles. The zero-order valence-electron chi connectivity index (χ0n) is 19.6. The molecule has 0 spiro atoms. The highest BCUT2D eigenvalue weighted by Crippen LogP contribution is 2.40. The summed E-state index contributed by atoms with van der Waals surface area (Å²) in [5, 5.41) is 4.69. The summed E-state index contributed by atoms with van der Waals surface area (Å²) in [5.74, 6) is 0.0740. The molecule has 0 saturated heterocycles. The van der Waals surface area contributed by atoms with Crippen LogP contribution < -0.4 is 10.1 Å². The molecule has 0 atom stereocenters. The highest BCUT2D eigenvalue weighted by molar-refractivity contribution is 6.09. The molecule has 0 aliphatic rings. The number of hydrogen-bond acceptors (Lipinski definition) is 4. The Morgan fingerprint density at radius 3 is 2.66 bits per heavy atom. The number of benzene rings is 3. The lowest BCUT2D eigenvalue weighted by molar-refractivity contribution is -0.111. The Morgan fingerprint density at radius 1 is 1.09 bits per heavy atom. The lowest BCUT2D eigenvalue weighted by Gasteiger charge is -2.13. The van der Waals surface area contributed by atoms with E-state index in [1.165, 1.54) is 12.1 Å². The summed E-state index contributed by atoms with van der Waals surface area (Å²) in [6, 6.07) is 17.6. The Bertz CT molecular complexity index is 1600. The van der Waals surface area contributed by atoms with Gasteiger partial charge in [0, 0.05) is 39.7 Å². The smallest absolute Gasteiger partial charge is 0.248 e. The second kappa shape index (κ2) is 9.06. The van der Waals surface area contributed by atoms with E-state index in [0.29, 0.717) is 17.0 Å². The first kappa shape index (κ1) is 22.3. The van der Waals surface area contributed by atoms with Crippen LogP contribution in [0.15, 0.2) is 83.6 Å². The third-order valence-corrected chi connectivity index (χ3v) is 6.08. The number of anilines is 1. The predicted octanol–water partition coefficient (Wildman–Crippen LogP) is 7.15. The molecule has 0 bridgehead atoms. The average Bonchev–Trinajstić information content (AvgIpc) is 3.29. The van der Waals surface area contributed by atoms with E-state index in [2.05, 4.69) is 10.3 Å². The molecule has 6 heteroatoms. The number of fused-ring (bicyclic) bond motifs is 2. The molecule has 5 rings (SSSR count). The van der Waals surface area contributed by atoms with E-state index in [0.717, 1.165) is 44.1 Å². The number of ether oxygens (including phenoxy) is 1. The molecular formula is C29H23FN2O3. The zero-order valence-corrected chi connectivity index (χ0v) is 19.6. The zero-order chi connectivity index (χ0) is 24.5. The number of amides is 1. The number of carbonyl (C=O) groups is 1. The molecule has 0 fully saturated rings. The van der Waals surface area contributed by atoms with Crippen LogP contribution in [-0.4, -0.2) is 18.0 Å². The normalized spacial score (nSPS) is 11.7. The van der Waals surface area contributed by atoms with Gasteiger partial charge in [0.05, 0.1) is 24.6 Å². The van der Waals surface area contributed by atoms with Crippen LogP contribution >= 0.6 is 0 Å². The first-order valence-electron chi connectivity index (χ1n) is 11.1. The third kappa shape index (κ3) is 4.15. The largest absolute Gasteiger partial charge is 0.496 e. The van der Waals surface area contributed by atoms with Crippen molar-refractivity contribution in [3.05, 3.63) is 96.1 Å². The van der Waals surface area contributed by atoms with Gasteiger partial charge in [0.15, 0.2) is 0 Å². The van der Waals surface area contributed by atoms with Crippen molar-refractivity contribution in [3.63, 3.8) is 0 Å². The molecule has 174 valence electrons. The number of nitrogens with one attached hydrogen (secondary N) is 1. The number of aromatic nitrogens is 1. The maximum atomic E-state index is 13.5. The topological polar surface area (TPSA) is 64.4 Å². The van der Waals surface area contributed by atoms with Gasteiger partial charge in [-0.2, -0.15) is 0 Å². The van der Waals surface area contributed by atoms with Crippen LogP contribution in [0.1, 0.15) is 18.1 Å². The number of carbonyl (C=O) groups excluding carboxylic acids is 1.